The van der Waals surface area contributed by atoms with E-state index < -0.39 is 10.2 Å². The molecule has 1 saturated carbocycles. The zero-order valence-electron chi connectivity index (χ0n) is 13.8. The van der Waals surface area contributed by atoms with E-state index in [1.54, 1.807) is 30.8 Å². The van der Waals surface area contributed by atoms with Gasteiger partial charge in [-0.25, -0.2) is 0 Å². The van der Waals surface area contributed by atoms with E-state index in [9.17, 15) is 8.42 Å². The Morgan fingerprint density at radius 1 is 1.39 bits per heavy atom. The van der Waals surface area contributed by atoms with Gasteiger partial charge in [0.05, 0.1) is 13.2 Å². The average molecular weight is 339 g/mol. The molecule has 0 amide bonds. The second-order valence-electron chi connectivity index (χ2n) is 6.88. The van der Waals surface area contributed by atoms with Gasteiger partial charge in [-0.15, -0.1) is 0 Å². The number of ether oxygens (including phenoxy) is 1. The average Bonchev–Trinajstić information content (AvgIpc) is 3.05. The largest absolute Gasteiger partial charge is 0.376 e. The van der Waals surface area contributed by atoms with Crippen molar-refractivity contribution in [3.8, 4) is 0 Å². The van der Waals surface area contributed by atoms with Crippen molar-refractivity contribution >= 4 is 10.2 Å². The van der Waals surface area contributed by atoms with Crippen molar-refractivity contribution in [3.63, 3.8) is 0 Å². The molecule has 0 bridgehead atoms. The molecule has 2 fully saturated rings. The fourth-order valence-corrected chi connectivity index (χ4v) is 5.11. The van der Waals surface area contributed by atoms with E-state index in [-0.39, 0.29) is 5.41 Å². The maximum absolute atomic E-state index is 12.4. The summed E-state index contributed by atoms with van der Waals surface area (Å²) >= 11 is 0. The molecule has 0 spiro atoms. The molecule has 1 saturated heterocycles. The van der Waals surface area contributed by atoms with Crippen LogP contribution in [0, 0.1) is 11.3 Å². The molecule has 2 aliphatic rings. The first kappa shape index (κ1) is 16.8. The number of rotatable bonds is 6. The lowest BCUT2D eigenvalue weighted by molar-refractivity contribution is 0.0290. The summed E-state index contributed by atoms with van der Waals surface area (Å²) < 4.78 is 33.7. The Morgan fingerprint density at radius 3 is 2.83 bits per heavy atom. The molecule has 128 valence electrons. The van der Waals surface area contributed by atoms with Crippen LogP contribution in [0.2, 0.25) is 0 Å². The van der Waals surface area contributed by atoms with Crippen LogP contribution < -0.4 is 0 Å². The zero-order valence-corrected chi connectivity index (χ0v) is 14.6. The molecular weight excluding hydrogens is 314 g/mol. The molecule has 6 nitrogen and oxygen atoms in total. The molecule has 0 radical (unpaired) electrons. The molecule has 23 heavy (non-hydrogen) atoms. The van der Waals surface area contributed by atoms with Gasteiger partial charge in [-0.3, -0.25) is 4.98 Å². The Kier molecular flexibility index (Phi) is 4.73. The van der Waals surface area contributed by atoms with Crippen LogP contribution in [0.25, 0.3) is 0 Å². The van der Waals surface area contributed by atoms with Crippen molar-refractivity contribution in [1.82, 2.24) is 13.6 Å². The molecule has 7 heteroatoms. The monoisotopic (exact) mass is 339 g/mol. The number of fused-ring (bicyclic) bond motifs is 1. The van der Waals surface area contributed by atoms with Crippen molar-refractivity contribution < 1.29 is 13.2 Å². The Hall–Kier alpha value is -1.02. The van der Waals surface area contributed by atoms with E-state index >= 15 is 0 Å². The lowest BCUT2D eigenvalue weighted by Gasteiger charge is -2.29. The minimum absolute atomic E-state index is 0.0177. The Bertz CT molecular complexity index is 635. The maximum atomic E-state index is 12.4. The minimum atomic E-state index is -3.33. The molecule has 0 unspecified atom stereocenters. The Balaban J connectivity index is 1.65. The number of pyridine rings is 1. The highest BCUT2D eigenvalue weighted by molar-refractivity contribution is 7.86. The topological polar surface area (TPSA) is 62.7 Å². The van der Waals surface area contributed by atoms with Crippen molar-refractivity contribution in [2.45, 2.75) is 25.9 Å². The van der Waals surface area contributed by atoms with Gasteiger partial charge in [0.2, 0.25) is 0 Å². The van der Waals surface area contributed by atoms with Gasteiger partial charge in [0.15, 0.2) is 0 Å². The standard InChI is InChI=1S/C16H25N3O3S/c1-18(2)23(20,21)19-10-15-4-3-7-16(15,12-19)13-22-11-14-5-8-17-9-6-14/h5-6,8-9,15H,3-4,7,10-13H2,1-2H3/t15-,16-/m1/s1. The summed E-state index contributed by atoms with van der Waals surface area (Å²) in [6, 6.07) is 3.89. The molecular formula is C16H25N3O3S. The van der Waals surface area contributed by atoms with Crippen LogP contribution in [0.15, 0.2) is 24.5 Å². The fraction of sp³-hybridized carbons (Fsp3) is 0.688. The van der Waals surface area contributed by atoms with Crippen LogP contribution >= 0.6 is 0 Å². The van der Waals surface area contributed by atoms with Crippen molar-refractivity contribution in [2.24, 2.45) is 11.3 Å². The highest BCUT2D eigenvalue weighted by atomic mass is 32.2. The second-order valence-corrected chi connectivity index (χ2v) is 9.02. The molecule has 1 aliphatic heterocycles. The summed E-state index contributed by atoms with van der Waals surface area (Å²) in [6.07, 6.45) is 6.83. The second kappa shape index (κ2) is 6.47. The zero-order chi connectivity index (χ0) is 16.5. The first-order valence-corrected chi connectivity index (χ1v) is 9.48. The van der Waals surface area contributed by atoms with Crippen LogP contribution in [0.4, 0.5) is 0 Å². The van der Waals surface area contributed by atoms with Gasteiger partial charge in [-0.1, -0.05) is 6.42 Å². The van der Waals surface area contributed by atoms with Gasteiger partial charge in [0.25, 0.3) is 10.2 Å². The summed E-state index contributed by atoms with van der Waals surface area (Å²) in [6.45, 7) is 2.38. The third-order valence-corrected chi connectivity index (χ3v) is 7.06. The van der Waals surface area contributed by atoms with Crippen LogP contribution in [-0.4, -0.2) is 55.8 Å². The SMILES string of the molecule is CN(C)S(=O)(=O)N1C[C@H]2CCC[C@]2(COCc2ccncc2)C1. The van der Waals surface area contributed by atoms with E-state index in [1.165, 1.54) is 10.7 Å². The highest BCUT2D eigenvalue weighted by Crippen LogP contribution is 2.49. The third-order valence-electron chi connectivity index (χ3n) is 5.20. The highest BCUT2D eigenvalue weighted by Gasteiger charge is 2.52. The summed E-state index contributed by atoms with van der Waals surface area (Å²) in [5.74, 6) is 0.412. The molecule has 2 heterocycles. The summed E-state index contributed by atoms with van der Waals surface area (Å²) in [4.78, 5) is 4.00. The molecule has 1 aromatic heterocycles. The van der Waals surface area contributed by atoms with Gasteiger partial charge in [0, 0.05) is 45.0 Å². The molecule has 1 aromatic rings. The lowest BCUT2D eigenvalue weighted by atomic mass is 9.82. The third kappa shape index (κ3) is 3.28. The van der Waals surface area contributed by atoms with Gasteiger partial charge in [-0.05, 0) is 36.5 Å². The fourth-order valence-electron chi connectivity index (χ4n) is 3.86. The molecule has 2 atom stereocenters. The van der Waals surface area contributed by atoms with E-state index in [2.05, 4.69) is 4.98 Å². The Labute approximate surface area is 138 Å². The van der Waals surface area contributed by atoms with Crippen molar-refractivity contribution in [3.05, 3.63) is 30.1 Å². The van der Waals surface area contributed by atoms with Gasteiger partial charge >= 0.3 is 0 Å². The van der Waals surface area contributed by atoms with Gasteiger partial charge in [-0.2, -0.15) is 17.0 Å². The minimum Gasteiger partial charge on any atom is -0.376 e. The Morgan fingerprint density at radius 2 is 2.13 bits per heavy atom. The van der Waals surface area contributed by atoms with E-state index in [4.69, 9.17) is 4.74 Å². The van der Waals surface area contributed by atoms with Crippen LogP contribution in [-0.2, 0) is 21.6 Å². The molecule has 0 N–H and O–H groups in total. The van der Waals surface area contributed by atoms with E-state index in [0.717, 1.165) is 18.4 Å². The number of nitrogens with zero attached hydrogens (tertiary/aromatic N) is 3. The predicted molar refractivity (Wildman–Crippen MR) is 87.8 cm³/mol. The first-order valence-electron chi connectivity index (χ1n) is 8.08. The van der Waals surface area contributed by atoms with Crippen molar-refractivity contribution in [1.29, 1.82) is 0 Å². The molecule has 3 rings (SSSR count). The van der Waals surface area contributed by atoms with E-state index in [0.29, 0.717) is 32.2 Å². The van der Waals surface area contributed by atoms with Crippen LogP contribution in [0.5, 0.6) is 0 Å². The molecule has 0 aromatic carbocycles. The lowest BCUT2D eigenvalue weighted by Crippen LogP contribution is -2.40. The summed E-state index contributed by atoms with van der Waals surface area (Å²) in [5, 5.41) is 0. The number of hydrogen-bond donors (Lipinski definition) is 0. The quantitative estimate of drug-likeness (QED) is 0.788. The smallest absolute Gasteiger partial charge is 0.281 e. The normalized spacial score (nSPS) is 28.4. The summed E-state index contributed by atoms with van der Waals surface area (Å²) in [7, 11) is -0.145. The van der Waals surface area contributed by atoms with Gasteiger partial charge < -0.3 is 4.74 Å². The van der Waals surface area contributed by atoms with Crippen molar-refractivity contribution in [2.75, 3.05) is 33.8 Å². The molecule has 1 aliphatic carbocycles. The number of hydrogen-bond acceptors (Lipinski definition) is 4. The van der Waals surface area contributed by atoms with Crippen LogP contribution in [0.3, 0.4) is 0 Å². The van der Waals surface area contributed by atoms with Crippen LogP contribution in [0.1, 0.15) is 24.8 Å². The maximum Gasteiger partial charge on any atom is 0.281 e. The van der Waals surface area contributed by atoms with Gasteiger partial charge in [0.1, 0.15) is 0 Å². The first-order chi connectivity index (χ1) is 10.9. The number of aromatic nitrogens is 1. The predicted octanol–water partition coefficient (Wildman–Crippen LogP) is 1.51. The van der Waals surface area contributed by atoms with E-state index in [1.807, 2.05) is 12.1 Å². The summed E-state index contributed by atoms with van der Waals surface area (Å²) in [5.41, 5.74) is 1.08.